The summed E-state index contributed by atoms with van der Waals surface area (Å²) in [6.07, 6.45) is 2.35. The van der Waals surface area contributed by atoms with Crippen LogP contribution in [-0.2, 0) is 0 Å². The molecule has 1 aromatic carbocycles. The third-order valence-electron chi connectivity index (χ3n) is 2.66. The van der Waals surface area contributed by atoms with Crippen molar-refractivity contribution < 1.29 is 4.92 Å². The first-order chi connectivity index (χ1) is 8.63. The highest BCUT2D eigenvalue weighted by molar-refractivity contribution is 5.51. The second kappa shape index (κ2) is 4.92. The van der Waals surface area contributed by atoms with Gasteiger partial charge in [-0.15, -0.1) is 5.10 Å². The minimum atomic E-state index is -0.448. The maximum absolute atomic E-state index is 10.9. The van der Waals surface area contributed by atoms with Gasteiger partial charge in [0, 0.05) is 6.07 Å². The molecule has 2 aromatic rings. The molecule has 18 heavy (non-hydrogen) atoms. The Hall–Kier alpha value is -2.28. The van der Waals surface area contributed by atoms with Gasteiger partial charge in [0.05, 0.1) is 22.9 Å². The molecule has 1 aromatic heterocycles. The number of para-hydroxylation sites is 2. The molecule has 0 radical (unpaired) electrons. The number of aromatic nitrogens is 3. The molecule has 0 bridgehead atoms. The molecule has 1 unspecified atom stereocenters. The van der Waals surface area contributed by atoms with Gasteiger partial charge in [0.25, 0.3) is 5.69 Å². The number of nitrogens with zero attached hydrogens (tertiary/aromatic N) is 4. The first kappa shape index (κ1) is 12.2. The number of rotatable bonds is 4. The monoisotopic (exact) mass is 247 g/mol. The number of nitro groups is 1. The van der Waals surface area contributed by atoms with Gasteiger partial charge in [-0.1, -0.05) is 24.3 Å². The number of hydrogen-bond acceptors (Lipinski definition) is 5. The van der Waals surface area contributed by atoms with Crippen LogP contribution in [-0.4, -0.2) is 19.9 Å². The molecule has 0 amide bonds. The van der Waals surface area contributed by atoms with E-state index in [0.717, 1.165) is 6.42 Å². The van der Waals surface area contributed by atoms with E-state index in [4.69, 9.17) is 5.73 Å². The molecule has 0 fully saturated rings. The smallest absolute Gasteiger partial charge is 0.294 e. The van der Waals surface area contributed by atoms with Crippen molar-refractivity contribution in [2.75, 3.05) is 0 Å². The first-order valence-corrected chi connectivity index (χ1v) is 5.55. The predicted octanol–water partition coefficient (Wildman–Crippen LogP) is 1.59. The van der Waals surface area contributed by atoms with Gasteiger partial charge in [0.1, 0.15) is 5.69 Å². The Morgan fingerprint density at radius 1 is 1.50 bits per heavy atom. The Bertz CT molecular complexity index is 566. The highest BCUT2D eigenvalue weighted by atomic mass is 16.6. The summed E-state index contributed by atoms with van der Waals surface area (Å²) >= 11 is 0. The Labute approximate surface area is 103 Å². The number of hydrogen-bond donors (Lipinski definition) is 1. The summed E-state index contributed by atoms with van der Waals surface area (Å²) in [5, 5.41) is 18.7. The van der Waals surface area contributed by atoms with Crippen LogP contribution >= 0.6 is 0 Å². The van der Waals surface area contributed by atoms with Gasteiger partial charge in [0.2, 0.25) is 0 Å². The summed E-state index contributed by atoms with van der Waals surface area (Å²) in [5.74, 6) is 0. The van der Waals surface area contributed by atoms with E-state index in [1.165, 1.54) is 10.7 Å². The molecule has 0 aliphatic heterocycles. The number of nitrogens with two attached hydrogens (primary N) is 1. The van der Waals surface area contributed by atoms with Gasteiger partial charge >= 0.3 is 0 Å². The molecule has 0 aliphatic carbocycles. The fraction of sp³-hybridized carbons (Fsp3) is 0.273. The molecule has 1 heterocycles. The first-order valence-electron chi connectivity index (χ1n) is 5.55. The lowest BCUT2D eigenvalue weighted by Crippen LogP contribution is -2.08. The molecular weight excluding hydrogens is 234 g/mol. The summed E-state index contributed by atoms with van der Waals surface area (Å²) in [7, 11) is 0. The van der Waals surface area contributed by atoms with Gasteiger partial charge in [-0.05, 0) is 12.5 Å². The van der Waals surface area contributed by atoms with Crippen molar-refractivity contribution in [1.29, 1.82) is 0 Å². The van der Waals surface area contributed by atoms with E-state index < -0.39 is 4.92 Å². The van der Waals surface area contributed by atoms with Crippen LogP contribution in [0.2, 0.25) is 0 Å². The molecule has 94 valence electrons. The van der Waals surface area contributed by atoms with E-state index in [9.17, 15) is 10.1 Å². The maximum Gasteiger partial charge on any atom is 0.294 e. The average molecular weight is 247 g/mol. The molecule has 7 heteroatoms. The maximum atomic E-state index is 10.9. The van der Waals surface area contributed by atoms with Crippen LogP contribution in [0.4, 0.5) is 5.69 Å². The van der Waals surface area contributed by atoms with Crippen molar-refractivity contribution in [1.82, 2.24) is 15.0 Å². The second-order valence-corrected chi connectivity index (χ2v) is 3.85. The minimum Gasteiger partial charge on any atom is -0.323 e. The van der Waals surface area contributed by atoms with Crippen LogP contribution in [0, 0.1) is 10.1 Å². The lowest BCUT2D eigenvalue weighted by atomic mass is 10.2. The van der Waals surface area contributed by atoms with Gasteiger partial charge in [-0.3, -0.25) is 10.1 Å². The van der Waals surface area contributed by atoms with Crippen molar-refractivity contribution in [3.63, 3.8) is 0 Å². The van der Waals surface area contributed by atoms with Crippen LogP contribution in [0.5, 0.6) is 0 Å². The van der Waals surface area contributed by atoms with Gasteiger partial charge in [-0.25, -0.2) is 4.68 Å². The fourth-order valence-electron chi connectivity index (χ4n) is 1.59. The Kier molecular flexibility index (Phi) is 3.33. The zero-order valence-electron chi connectivity index (χ0n) is 9.85. The van der Waals surface area contributed by atoms with Gasteiger partial charge in [0.15, 0.2) is 0 Å². The van der Waals surface area contributed by atoms with Crippen LogP contribution in [0.15, 0.2) is 30.5 Å². The number of benzene rings is 1. The van der Waals surface area contributed by atoms with Crippen molar-refractivity contribution >= 4 is 5.69 Å². The lowest BCUT2D eigenvalue weighted by molar-refractivity contribution is -0.384. The SMILES string of the molecule is CCC(N)c1cn(-c2ccccc2[N+](=O)[O-])nn1. The van der Waals surface area contributed by atoms with Gasteiger partial charge < -0.3 is 5.73 Å². The van der Waals surface area contributed by atoms with E-state index >= 15 is 0 Å². The average Bonchev–Trinajstić information content (AvgIpc) is 2.87. The molecule has 2 N–H and O–H groups in total. The van der Waals surface area contributed by atoms with Crippen molar-refractivity contribution in [3.05, 3.63) is 46.3 Å². The van der Waals surface area contributed by atoms with E-state index in [0.29, 0.717) is 11.4 Å². The zero-order valence-corrected chi connectivity index (χ0v) is 9.85. The highest BCUT2D eigenvalue weighted by Crippen LogP contribution is 2.22. The normalized spacial score (nSPS) is 12.3. The number of nitro benzene ring substituents is 1. The van der Waals surface area contributed by atoms with Crippen LogP contribution < -0.4 is 5.73 Å². The fourth-order valence-corrected chi connectivity index (χ4v) is 1.59. The third-order valence-corrected chi connectivity index (χ3v) is 2.66. The summed E-state index contributed by atoms with van der Waals surface area (Å²) in [5.41, 5.74) is 6.82. The quantitative estimate of drug-likeness (QED) is 0.653. The summed E-state index contributed by atoms with van der Waals surface area (Å²) in [6, 6.07) is 6.16. The van der Waals surface area contributed by atoms with Crippen LogP contribution in [0.1, 0.15) is 25.1 Å². The van der Waals surface area contributed by atoms with Crippen molar-refractivity contribution in [2.24, 2.45) is 5.73 Å². The molecule has 0 saturated carbocycles. The van der Waals surface area contributed by atoms with Gasteiger partial charge in [-0.2, -0.15) is 0 Å². The Morgan fingerprint density at radius 3 is 2.89 bits per heavy atom. The Morgan fingerprint density at radius 2 is 2.22 bits per heavy atom. The molecule has 2 rings (SSSR count). The molecule has 7 nitrogen and oxygen atoms in total. The van der Waals surface area contributed by atoms with Crippen molar-refractivity contribution in [2.45, 2.75) is 19.4 Å². The molecular formula is C11H13N5O2. The largest absolute Gasteiger partial charge is 0.323 e. The Balaban J connectivity index is 2.43. The predicted molar refractivity (Wildman–Crippen MR) is 65.2 cm³/mol. The van der Waals surface area contributed by atoms with Crippen molar-refractivity contribution in [3.8, 4) is 5.69 Å². The van der Waals surface area contributed by atoms with Crippen LogP contribution in [0.25, 0.3) is 5.69 Å². The molecule has 1 atom stereocenters. The zero-order chi connectivity index (χ0) is 13.1. The highest BCUT2D eigenvalue weighted by Gasteiger charge is 2.16. The summed E-state index contributed by atoms with van der Waals surface area (Å²) < 4.78 is 1.38. The van der Waals surface area contributed by atoms with E-state index in [-0.39, 0.29) is 11.7 Å². The van der Waals surface area contributed by atoms with E-state index in [1.54, 1.807) is 24.4 Å². The third kappa shape index (κ3) is 2.21. The molecule has 0 spiro atoms. The standard InChI is InChI=1S/C11H13N5O2/c1-2-8(12)9-7-15(14-13-9)10-5-3-4-6-11(10)16(17)18/h3-8H,2,12H2,1H3. The molecule has 0 saturated heterocycles. The topological polar surface area (TPSA) is 99.9 Å². The van der Waals surface area contributed by atoms with E-state index in [1.807, 2.05) is 6.92 Å². The second-order valence-electron chi connectivity index (χ2n) is 3.85. The summed E-state index contributed by atoms with van der Waals surface area (Å²) in [6.45, 7) is 1.94. The summed E-state index contributed by atoms with van der Waals surface area (Å²) in [4.78, 5) is 10.5. The molecule has 0 aliphatic rings. The van der Waals surface area contributed by atoms with E-state index in [2.05, 4.69) is 10.3 Å². The lowest BCUT2D eigenvalue weighted by Gasteiger charge is -2.02. The minimum absolute atomic E-state index is 0.0148. The van der Waals surface area contributed by atoms with Crippen LogP contribution in [0.3, 0.4) is 0 Å².